The third-order valence-corrected chi connectivity index (χ3v) is 4.75. The summed E-state index contributed by atoms with van der Waals surface area (Å²) in [5, 5.41) is 12.6. The van der Waals surface area contributed by atoms with Gasteiger partial charge in [0.05, 0.1) is 19.8 Å². The van der Waals surface area contributed by atoms with E-state index in [1.807, 2.05) is 38.3 Å². The Morgan fingerprint density at radius 3 is 2.73 bits per heavy atom. The van der Waals surface area contributed by atoms with Gasteiger partial charge in [-0.15, -0.1) is 10.2 Å². The molecule has 5 nitrogen and oxygen atoms in total. The first-order chi connectivity index (χ1) is 10.6. The van der Waals surface area contributed by atoms with Gasteiger partial charge >= 0.3 is 0 Å². The fourth-order valence-corrected chi connectivity index (χ4v) is 3.15. The summed E-state index contributed by atoms with van der Waals surface area (Å²) >= 11 is 3.23. The molecule has 2 aromatic rings. The molecule has 0 aliphatic rings. The van der Waals surface area contributed by atoms with Gasteiger partial charge in [0, 0.05) is 18.2 Å². The topological polar surface area (TPSA) is 56.3 Å². The van der Waals surface area contributed by atoms with Crippen molar-refractivity contribution < 1.29 is 9.47 Å². The first kappa shape index (κ1) is 17.1. The molecule has 0 radical (unpaired) electrons. The van der Waals surface area contributed by atoms with E-state index in [0.29, 0.717) is 13.1 Å². The molecule has 1 aromatic carbocycles. The summed E-state index contributed by atoms with van der Waals surface area (Å²) in [6.45, 7) is 5.44. The zero-order valence-corrected chi connectivity index (χ0v) is 14.9. The lowest BCUT2D eigenvalue weighted by atomic mass is 10.2. The Bertz CT molecular complexity index is 602. The molecule has 1 N–H and O–H groups in total. The molecule has 22 heavy (non-hydrogen) atoms. The molecule has 0 unspecified atom stereocenters. The van der Waals surface area contributed by atoms with Crippen molar-refractivity contribution in [3.05, 3.63) is 28.8 Å². The molecule has 0 aliphatic carbocycles. The lowest BCUT2D eigenvalue weighted by Crippen LogP contribution is -2.15. The first-order valence-corrected chi connectivity index (χ1v) is 9.07. The lowest BCUT2D eigenvalue weighted by molar-refractivity contribution is 0.238. The average Bonchev–Trinajstić information content (AvgIpc) is 2.96. The molecule has 0 amide bonds. The Morgan fingerprint density at radius 1 is 1.27 bits per heavy atom. The predicted molar refractivity (Wildman–Crippen MR) is 91.0 cm³/mol. The summed E-state index contributed by atoms with van der Waals surface area (Å²) in [6.07, 6.45) is 2.13. The van der Waals surface area contributed by atoms with Gasteiger partial charge in [-0.3, -0.25) is 0 Å². The summed E-state index contributed by atoms with van der Waals surface area (Å²) in [7, 11) is 1.66. The van der Waals surface area contributed by atoms with Crippen molar-refractivity contribution in [1.29, 1.82) is 0 Å². The number of hydrogen-bond acceptors (Lipinski definition) is 7. The van der Waals surface area contributed by atoms with Crippen LogP contribution in [0.5, 0.6) is 11.5 Å². The van der Waals surface area contributed by atoms with Gasteiger partial charge in [0.15, 0.2) is 4.34 Å². The summed E-state index contributed by atoms with van der Waals surface area (Å²) in [5.74, 6) is 1.65. The van der Waals surface area contributed by atoms with E-state index in [9.17, 15) is 0 Å². The van der Waals surface area contributed by atoms with E-state index in [1.165, 1.54) is 0 Å². The molecule has 7 heteroatoms. The third-order valence-electron chi connectivity index (χ3n) is 2.85. The van der Waals surface area contributed by atoms with Crippen LogP contribution in [0, 0.1) is 0 Å². The molecule has 0 atom stereocenters. The summed E-state index contributed by atoms with van der Waals surface area (Å²) in [4.78, 5) is 0. The van der Waals surface area contributed by atoms with Gasteiger partial charge in [0.1, 0.15) is 16.5 Å². The van der Waals surface area contributed by atoms with Gasteiger partial charge in [0.2, 0.25) is 0 Å². The molecular formula is C15H21N3O2S2. The zero-order chi connectivity index (χ0) is 15.9. The fraction of sp³-hybridized carbons (Fsp3) is 0.467. The summed E-state index contributed by atoms with van der Waals surface area (Å²) in [5.41, 5.74) is 1.10. The van der Waals surface area contributed by atoms with Gasteiger partial charge in [-0.2, -0.15) is 0 Å². The van der Waals surface area contributed by atoms with Gasteiger partial charge in [0.25, 0.3) is 0 Å². The number of nitrogens with one attached hydrogen (secondary N) is 1. The monoisotopic (exact) mass is 339 g/mol. The third kappa shape index (κ3) is 4.86. The summed E-state index contributed by atoms with van der Waals surface area (Å²) in [6, 6.07) is 5.89. The minimum Gasteiger partial charge on any atom is -0.497 e. The Hall–Kier alpha value is -1.31. The van der Waals surface area contributed by atoms with Crippen LogP contribution in [0.3, 0.4) is 0 Å². The van der Waals surface area contributed by atoms with Crippen molar-refractivity contribution in [2.45, 2.75) is 37.4 Å². The van der Waals surface area contributed by atoms with Crippen LogP contribution in [0.25, 0.3) is 0 Å². The van der Waals surface area contributed by atoms with E-state index in [4.69, 9.17) is 9.47 Å². The van der Waals surface area contributed by atoms with Crippen molar-refractivity contribution >= 4 is 23.1 Å². The van der Waals surface area contributed by atoms with Crippen molar-refractivity contribution in [2.75, 3.05) is 13.4 Å². The minimum atomic E-state index is 0.123. The van der Waals surface area contributed by atoms with Gasteiger partial charge in [-0.1, -0.05) is 29.2 Å². The van der Waals surface area contributed by atoms with Crippen LogP contribution in [0.4, 0.5) is 0 Å². The van der Waals surface area contributed by atoms with E-state index in [-0.39, 0.29) is 6.10 Å². The molecule has 0 saturated carbocycles. The second kappa shape index (κ2) is 8.36. The highest BCUT2D eigenvalue weighted by atomic mass is 32.2. The number of benzene rings is 1. The molecule has 120 valence electrons. The Balaban J connectivity index is 1.98. The highest BCUT2D eigenvalue weighted by molar-refractivity contribution is 8.00. The number of aromatic nitrogens is 2. The predicted octanol–water partition coefficient (Wildman–Crippen LogP) is 3.35. The Morgan fingerprint density at radius 2 is 2.09 bits per heavy atom. The van der Waals surface area contributed by atoms with Crippen LogP contribution in [-0.2, 0) is 13.1 Å². The SMILES string of the molecule is COc1ccc(CNCc2nnc(SC)s2)c(OC(C)C)c1. The Labute approximate surface area is 139 Å². The quantitative estimate of drug-likeness (QED) is 0.745. The Kier molecular flexibility index (Phi) is 6.48. The highest BCUT2D eigenvalue weighted by Gasteiger charge is 2.09. The van der Waals surface area contributed by atoms with Gasteiger partial charge in [-0.05, 0) is 26.2 Å². The number of thioether (sulfide) groups is 1. The standard InChI is InChI=1S/C15H21N3O2S2/c1-10(2)20-13-7-12(19-3)6-5-11(13)8-16-9-14-17-18-15(21-4)22-14/h5-7,10,16H,8-9H2,1-4H3. The van der Waals surface area contributed by atoms with Crippen LogP contribution in [0.2, 0.25) is 0 Å². The van der Waals surface area contributed by atoms with Crippen LogP contribution in [-0.4, -0.2) is 29.7 Å². The first-order valence-electron chi connectivity index (χ1n) is 7.03. The molecule has 1 aromatic heterocycles. The maximum absolute atomic E-state index is 5.86. The van der Waals surface area contributed by atoms with E-state index < -0.39 is 0 Å². The van der Waals surface area contributed by atoms with E-state index >= 15 is 0 Å². The van der Waals surface area contributed by atoms with E-state index in [2.05, 4.69) is 15.5 Å². The lowest BCUT2D eigenvalue weighted by Gasteiger charge is -2.15. The van der Waals surface area contributed by atoms with Crippen LogP contribution >= 0.6 is 23.1 Å². The molecule has 0 aliphatic heterocycles. The molecule has 1 heterocycles. The van der Waals surface area contributed by atoms with Crippen LogP contribution < -0.4 is 14.8 Å². The number of nitrogens with zero attached hydrogens (tertiary/aromatic N) is 2. The fourth-order valence-electron chi connectivity index (χ4n) is 1.87. The van der Waals surface area contributed by atoms with Crippen LogP contribution in [0.15, 0.2) is 22.5 Å². The molecular weight excluding hydrogens is 318 g/mol. The number of ether oxygens (including phenoxy) is 2. The molecule has 0 fully saturated rings. The van der Waals surface area contributed by atoms with Crippen LogP contribution in [0.1, 0.15) is 24.4 Å². The largest absolute Gasteiger partial charge is 0.497 e. The second-order valence-corrected chi connectivity index (χ2v) is 7.03. The zero-order valence-electron chi connectivity index (χ0n) is 13.3. The van der Waals surface area contributed by atoms with Crippen molar-refractivity contribution in [1.82, 2.24) is 15.5 Å². The highest BCUT2D eigenvalue weighted by Crippen LogP contribution is 2.26. The smallest absolute Gasteiger partial charge is 0.174 e. The van der Waals surface area contributed by atoms with Gasteiger partial charge < -0.3 is 14.8 Å². The van der Waals surface area contributed by atoms with E-state index in [1.54, 1.807) is 30.2 Å². The second-order valence-electron chi connectivity index (χ2n) is 4.91. The van der Waals surface area contributed by atoms with E-state index in [0.717, 1.165) is 26.4 Å². The molecule has 0 saturated heterocycles. The number of methoxy groups -OCH3 is 1. The number of hydrogen-bond donors (Lipinski definition) is 1. The molecule has 2 rings (SSSR count). The average molecular weight is 339 g/mol. The van der Waals surface area contributed by atoms with Gasteiger partial charge in [-0.25, -0.2) is 0 Å². The molecule has 0 spiro atoms. The van der Waals surface area contributed by atoms with Crippen molar-refractivity contribution in [3.63, 3.8) is 0 Å². The summed E-state index contributed by atoms with van der Waals surface area (Å²) < 4.78 is 12.1. The number of rotatable bonds is 8. The maximum atomic E-state index is 5.86. The minimum absolute atomic E-state index is 0.123. The van der Waals surface area contributed by atoms with Crippen molar-refractivity contribution in [2.24, 2.45) is 0 Å². The molecule has 0 bridgehead atoms. The normalized spacial score (nSPS) is 11.0. The maximum Gasteiger partial charge on any atom is 0.174 e. The van der Waals surface area contributed by atoms with Crippen molar-refractivity contribution in [3.8, 4) is 11.5 Å².